The van der Waals surface area contributed by atoms with E-state index in [1.165, 1.54) is 12.1 Å². The van der Waals surface area contributed by atoms with Crippen LogP contribution >= 0.6 is 0 Å². The Morgan fingerprint density at radius 1 is 1.13 bits per heavy atom. The monoisotopic (exact) mass is 434 g/mol. The van der Waals surface area contributed by atoms with Gasteiger partial charge in [0, 0.05) is 19.5 Å². The van der Waals surface area contributed by atoms with Gasteiger partial charge in [-0.05, 0) is 55.0 Å². The first-order valence-corrected chi connectivity index (χ1v) is 10.1. The molecule has 31 heavy (non-hydrogen) atoms. The number of hydrogen-bond acceptors (Lipinski definition) is 4. The average molecular weight is 434 g/mol. The number of rotatable bonds is 7. The molecule has 1 saturated heterocycles. The van der Waals surface area contributed by atoms with Gasteiger partial charge in [0.1, 0.15) is 17.6 Å². The third kappa shape index (κ3) is 5.35. The minimum Gasteiger partial charge on any atom is -0.494 e. The van der Waals surface area contributed by atoms with Gasteiger partial charge in [-0.3, -0.25) is 0 Å². The minimum absolute atomic E-state index is 0.121. The van der Waals surface area contributed by atoms with Crippen molar-refractivity contribution in [1.29, 1.82) is 5.26 Å². The van der Waals surface area contributed by atoms with Crippen LogP contribution in [0.2, 0.25) is 0 Å². The molecule has 3 rings (SSSR count). The summed E-state index contributed by atoms with van der Waals surface area (Å²) >= 11 is 0. The van der Waals surface area contributed by atoms with Crippen LogP contribution in [0, 0.1) is 17.1 Å². The van der Waals surface area contributed by atoms with Crippen molar-refractivity contribution < 1.29 is 27.1 Å². The van der Waals surface area contributed by atoms with Gasteiger partial charge in [0.25, 0.3) is 0 Å². The largest absolute Gasteiger partial charge is 0.494 e. The van der Waals surface area contributed by atoms with Crippen LogP contribution in [0.1, 0.15) is 48.3 Å². The standard InChI is InChI=1S/C23H22F4N2O2/c24-22-20(8-5-18(15-28)21(22)23(25,26)27)29-11-9-17(10-12-29)16-3-6-19(7-4-16)31-14-2-1-13-30/h3-8,13,17H,1-2,9-12,14H2. The Labute approximate surface area is 178 Å². The molecule has 0 radical (unpaired) electrons. The first kappa shape index (κ1) is 22.6. The number of ether oxygens (including phenoxy) is 1. The van der Waals surface area contributed by atoms with Crippen molar-refractivity contribution in [2.24, 2.45) is 0 Å². The topological polar surface area (TPSA) is 53.3 Å². The van der Waals surface area contributed by atoms with E-state index >= 15 is 0 Å². The van der Waals surface area contributed by atoms with Crippen molar-refractivity contribution in [2.75, 3.05) is 24.6 Å². The number of nitriles is 1. The zero-order chi connectivity index (χ0) is 22.4. The third-order valence-electron chi connectivity index (χ3n) is 5.45. The number of halogens is 4. The Hall–Kier alpha value is -3.08. The molecule has 2 aromatic rings. The number of alkyl halides is 3. The number of anilines is 1. The van der Waals surface area contributed by atoms with E-state index in [1.807, 2.05) is 24.3 Å². The van der Waals surface area contributed by atoms with Gasteiger partial charge in [0.2, 0.25) is 0 Å². The van der Waals surface area contributed by atoms with E-state index in [2.05, 4.69) is 0 Å². The summed E-state index contributed by atoms with van der Waals surface area (Å²) in [6.07, 6.45) is -1.62. The highest BCUT2D eigenvalue weighted by molar-refractivity contribution is 5.56. The van der Waals surface area contributed by atoms with Gasteiger partial charge < -0.3 is 14.4 Å². The summed E-state index contributed by atoms with van der Waals surface area (Å²) in [7, 11) is 0. The highest BCUT2D eigenvalue weighted by atomic mass is 19.4. The van der Waals surface area contributed by atoms with Crippen LogP contribution in [0.15, 0.2) is 36.4 Å². The van der Waals surface area contributed by atoms with Crippen LogP contribution in [0.25, 0.3) is 0 Å². The van der Waals surface area contributed by atoms with Crippen LogP contribution < -0.4 is 9.64 Å². The lowest BCUT2D eigenvalue weighted by atomic mass is 9.89. The smallest absolute Gasteiger partial charge is 0.420 e. The first-order chi connectivity index (χ1) is 14.8. The molecule has 164 valence electrons. The Balaban J connectivity index is 1.65. The van der Waals surface area contributed by atoms with Crippen molar-refractivity contribution in [2.45, 2.75) is 37.8 Å². The molecule has 4 nitrogen and oxygen atoms in total. The lowest BCUT2D eigenvalue weighted by Gasteiger charge is -2.34. The van der Waals surface area contributed by atoms with E-state index in [9.17, 15) is 22.4 Å². The lowest BCUT2D eigenvalue weighted by molar-refractivity contribution is -0.140. The molecule has 0 aromatic heterocycles. The molecule has 0 N–H and O–H groups in total. The number of carbonyl (C=O) groups is 1. The molecule has 1 fully saturated rings. The quantitative estimate of drug-likeness (QED) is 0.330. The molecule has 1 aliphatic heterocycles. The van der Waals surface area contributed by atoms with Gasteiger partial charge in [-0.1, -0.05) is 12.1 Å². The van der Waals surface area contributed by atoms with Gasteiger partial charge in [0.15, 0.2) is 5.82 Å². The second-order valence-corrected chi connectivity index (χ2v) is 7.42. The van der Waals surface area contributed by atoms with Gasteiger partial charge in [-0.15, -0.1) is 0 Å². The maximum atomic E-state index is 14.7. The summed E-state index contributed by atoms with van der Waals surface area (Å²) < 4.78 is 60.0. The van der Waals surface area contributed by atoms with Crippen LogP contribution in [-0.4, -0.2) is 26.0 Å². The predicted molar refractivity (Wildman–Crippen MR) is 108 cm³/mol. The van der Waals surface area contributed by atoms with Crippen LogP contribution in [0.5, 0.6) is 5.75 Å². The van der Waals surface area contributed by atoms with Crippen molar-refractivity contribution >= 4 is 12.0 Å². The molecule has 0 unspecified atom stereocenters. The van der Waals surface area contributed by atoms with Crippen molar-refractivity contribution in [3.8, 4) is 11.8 Å². The normalized spacial score (nSPS) is 14.9. The molecule has 0 saturated carbocycles. The van der Waals surface area contributed by atoms with Gasteiger partial charge in [0.05, 0.1) is 23.9 Å². The molecule has 1 heterocycles. The van der Waals surface area contributed by atoms with Crippen LogP contribution in [0.3, 0.4) is 0 Å². The van der Waals surface area contributed by atoms with Gasteiger partial charge in [-0.25, -0.2) is 4.39 Å². The van der Waals surface area contributed by atoms with E-state index < -0.39 is 23.1 Å². The third-order valence-corrected chi connectivity index (χ3v) is 5.45. The first-order valence-electron chi connectivity index (χ1n) is 10.1. The number of benzene rings is 2. The van der Waals surface area contributed by atoms with Crippen molar-refractivity contribution in [3.63, 3.8) is 0 Å². The Bertz CT molecular complexity index is 944. The molecular formula is C23H22F4N2O2. The SMILES string of the molecule is N#Cc1ccc(N2CCC(c3ccc(OCCCC=O)cc3)CC2)c(F)c1C(F)(F)F. The Morgan fingerprint density at radius 2 is 1.81 bits per heavy atom. The Morgan fingerprint density at radius 3 is 2.39 bits per heavy atom. The van der Waals surface area contributed by atoms with E-state index in [4.69, 9.17) is 10.00 Å². The average Bonchev–Trinajstić information content (AvgIpc) is 2.76. The predicted octanol–water partition coefficient (Wildman–Crippen LogP) is 5.46. The molecule has 0 spiro atoms. The zero-order valence-corrected chi connectivity index (χ0v) is 16.8. The second kappa shape index (κ2) is 9.82. The van der Waals surface area contributed by atoms with E-state index in [1.54, 1.807) is 4.90 Å². The number of aldehydes is 1. The van der Waals surface area contributed by atoms with Crippen LogP contribution in [0.4, 0.5) is 23.2 Å². The lowest BCUT2D eigenvalue weighted by Crippen LogP contribution is -2.34. The number of hydrogen-bond donors (Lipinski definition) is 0. The summed E-state index contributed by atoms with van der Waals surface area (Å²) in [6, 6.07) is 11.3. The molecule has 0 atom stereocenters. The highest BCUT2D eigenvalue weighted by Gasteiger charge is 2.39. The van der Waals surface area contributed by atoms with Crippen molar-refractivity contribution in [3.05, 3.63) is 58.9 Å². The molecule has 8 heteroatoms. The van der Waals surface area contributed by atoms with Gasteiger partial charge >= 0.3 is 6.18 Å². The van der Waals surface area contributed by atoms with E-state index in [0.29, 0.717) is 51.1 Å². The summed E-state index contributed by atoms with van der Waals surface area (Å²) in [5, 5.41) is 8.91. The van der Waals surface area contributed by atoms with Crippen LogP contribution in [-0.2, 0) is 11.0 Å². The Kier molecular flexibility index (Phi) is 7.16. The summed E-state index contributed by atoms with van der Waals surface area (Å²) in [5.74, 6) is -0.462. The van der Waals surface area contributed by atoms with Crippen molar-refractivity contribution in [1.82, 2.24) is 0 Å². The molecular weight excluding hydrogens is 412 g/mol. The maximum absolute atomic E-state index is 14.7. The molecule has 0 aliphatic carbocycles. The summed E-state index contributed by atoms with van der Waals surface area (Å²) in [6.45, 7) is 1.29. The molecule has 2 aromatic carbocycles. The minimum atomic E-state index is -4.93. The maximum Gasteiger partial charge on any atom is 0.420 e. The highest BCUT2D eigenvalue weighted by Crippen LogP contribution is 2.39. The zero-order valence-electron chi connectivity index (χ0n) is 16.8. The number of carbonyl (C=O) groups excluding carboxylic acids is 1. The number of unbranched alkanes of at least 4 members (excludes halogenated alkanes) is 1. The summed E-state index contributed by atoms with van der Waals surface area (Å²) in [4.78, 5) is 11.9. The fraction of sp³-hybridized carbons (Fsp3) is 0.391. The number of piperidine rings is 1. The molecule has 1 aliphatic rings. The second-order valence-electron chi connectivity index (χ2n) is 7.42. The van der Waals surface area contributed by atoms with E-state index in [0.717, 1.165) is 17.9 Å². The molecule has 0 amide bonds. The molecule has 0 bridgehead atoms. The van der Waals surface area contributed by atoms with E-state index in [-0.39, 0.29) is 11.6 Å². The van der Waals surface area contributed by atoms with Gasteiger partial charge in [-0.2, -0.15) is 18.4 Å². The summed E-state index contributed by atoms with van der Waals surface area (Å²) in [5.41, 5.74) is -1.24. The fourth-order valence-corrected chi connectivity index (χ4v) is 3.83. The number of nitrogens with zero attached hydrogens (tertiary/aromatic N) is 2. The fourth-order valence-electron chi connectivity index (χ4n) is 3.83.